The lowest BCUT2D eigenvalue weighted by atomic mass is 9.80. The van der Waals surface area contributed by atoms with Crippen molar-refractivity contribution in [2.75, 3.05) is 32.0 Å². The van der Waals surface area contributed by atoms with Crippen LogP contribution in [0.1, 0.15) is 49.9 Å². The van der Waals surface area contributed by atoms with Gasteiger partial charge in [0.25, 0.3) is 0 Å². The van der Waals surface area contributed by atoms with Crippen LogP contribution in [-0.4, -0.2) is 41.5 Å². The topological polar surface area (TPSA) is 41.1 Å². The number of hydrogen-bond acceptors (Lipinski definition) is 4. The summed E-state index contributed by atoms with van der Waals surface area (Å²) in [6.45, 7) is 7.68. The molecule has 5 heteroatoms. The van der Waals surface area contributed by atoms with E-state index in [2.05, 4.69) is 29.2 Å². The first kappa shape index (κ1) is 15.0. The molecular formula is C16H25ClN4. The highest BCUT2D eigenvalue weighted by Crippen LogP contribution is 2.39. The summed E-state index contributed by atoms with van der Waals surface area (Å²) in [6, 6.07) is 0. The van der Waals surface area contributed by atoms with Gasteiger partial charge in [0.15, 0.2) is 0 Å². The van der Waals surface area contributed by atoms with Gasteiger partial charge >= 0.3 is 0 Å². The lowest BCUT2D eigenvalue weighted by molar-refractivity contribution is 0.150. The molecule has 0 aromatic carbocycles. The highest BCUT2D eigenvalue weighted by atomic mass is 35.5. The van der Waals surface area contributed by atoms with Crippen LogP contribution in [-0.2, 0) is 0 Å². The Bertz CT molecular complexity index is 519. The van der Waals surface area contributed by atoms with E-state index in [0.717, 1.165) is 23.8 Å². The monoisotopic (exact) mass is 308 g/mol. The standard InChI is InChI=1S/C16H25ClN4/c1-11-13(17)19-15(12-4-5-12)20-14(11)18-10-16(2)6-8-21(3)9-7-16/h12H,4-10H2,1-3H3,(H,18,19,20). The smallest absolute Gasteiger partial charge is 0.137 e. The third kappa shape index (κ3) is 3.49. The van der Waals surface area contributed by atoms with E-state index in [0.29, 0.717) is 16.5 Å². The second kappa shape index (κ2) is 5.73. The van der Waals surface area contributed by atoms with E-state index in [1.807, 2.05) is 6.92 Å². The molecule has 0 atom stereocenters. The number of halogens is 1. The molecule has 3 rings (SSSR count). The van der Waals surface area contributed by atoms with Crippen LogP contribution in [0.4, 0.5) is 5.82 Å². The van der Waals surface area contributed by atoms with Crippen molar-refractivity contribution < 1.29 is 0 Å². The van der Waals surface area contributed by atoms with Gasteiger partial charge in [0, 0.05) is 18.0 Å². The molecule has 2 heterocycles. The van der Waals surface area contributed by atoms with Gasteiger partial charge < -0.3 is 10.2 Å². The van der Waals surface area contributed by atoms with Crippen LogP contribution >= 0.6 is 11.6 Å². The van der Waals surface area contributed by atoms with Crippen LogP contribution in [0.25, 0.3) is 0 Å². The summed E-state index contributed by atoms with van der Waals surface area (Å²) in [6.07, 6.45) is 4.85. The van der Waals surface area contributed by atoms with Gasteiger partial charge in [-0.15, -0.1) is 0 Å². The van der Waals surface area contributed by atoms with Crippen molar-refractivity contribution in [2.24, 2.45) is 5.41 Å². The molecule has 21 heavy (non-hydrogen) atoms. The van der Waals surface area contributed by atoms with Crippen molar-refractivity contribution in [2.45, 2.75) is 45.4 Å². The van der Waals surface area contributed by atoms with E-state index >= 15 is 0 Å². The molecule has 0 radical (unpaired) electrons. The number of nitrogens with one attached hydrogen (secondary N) is 1. The molecular weight excluding hydrogens is 284 g/mol. The SMILES string of the molecule is Cc1c(Cl)nc(C2CC2)nc1NCC1(C)CCN(C)CC1. The molecule has 0 spiro atoms. The minimum atomic E-state index is 0.343. The Morgan fingerprint density at radius 3 is 2.57 bits per heavy atom. The van der Waals surface area contributed by atoms with Crippen LogP contribution < -0.4 is 5.32 Å². The molecule has 1 N–H and O–H groups in total. The highest BCUT2D eigenvalue weighted by molar-refractivity contribution is 6.30. The van der Waals surface area contributed by atoms with Crippen LogP contribution in [0.15, 0.2) is 0 Å². The van der Waals surface area contributed by atoms with Crippen LogP contribution in [0, 0.1) is 12.3 Å². The van der Waals surface area contributed by atoms with Gasteiger partial charge in [-0.2, -0.15) is 0 Å². The Hall–Kier alpha value is -0.870. The third-order valence-electron chi connectivity index (χ3n) is 4.92. The van der Waals surface area contributed by atoms with Gasteiger partial charge in [-0.05, 0) is 58.2 Å². The predicted octanol–water partition coefficient (Wildman–Crippen LogP) is 3.46. The van der Waals surface area contributed by atoms with E-state index in [9.17, 15) is 0 Å². The third-order valence-corrected chi connectivity index (χ3v) is 5.29. The molecule has 0 amide bonds. The summed E-state index contributed by atoms with van der Waals surface area (Å²) in [7, 11) is 2.20. The van der Waals surface area contributed by atoms with Crippen molar-refractivity contribution in [3.8, 4) is 0 Å². The van der Waals surface area contributed by atoms with Gasteiger partial charge in [0.2, 0.25) is 0 Å². The minimum absolute atomic E-state index is 0.343. The second-order valence-corrected chi connectivity index (χ2v) is 7.45. The van der Waals surface area contributed by atoms with E-state index in [-0.39, 0.29) is 0 Å². The maximum absolute atomic E-state index is 6.27. The van der Waals surface area contributed by atoms with Crippen molar-refractivity contribution >= 4 is 17.4 Å². The molecule has 1 aromatic heterocycles. The van der Waals surface area contributed by atoms with Gasteiger partial charge in [-0.3, -0.25) is 0 Å². The summed E-state index contributed by atoms with van der Waals surface area (Å²) < 4.78 is 0. The molecule has 1 saturated heterocycles. The van der Waals surface area contributed by atoms with Crippen molar-refractivity contribution in [1.29, 1.82) is 0 Å². The van der Waals surface area contributed by atoms with Crippen LogP contribution in [0.2, 0.25) is 5.15 Å². The van der Waals surface area contributed by atoms with E-state index in [1.54, 1.807) is 0 Å². The molecule has 0 unspecified atom stereocenters. The average molecular weight is 309 g/mol. The molecule has 1 aliphatic carbocycles. The summed E-state index contributed by atoms with van der Waals surface area (Å²) in [4.78, 5) is 11.5. The molecule has 116 valence electrons. The Kier molecular flexibility index (Phi) is 4.10. The second-order valence-electron chi connectivity index (χ2n) is 7.09. The van der Waals surface area contributed by atoms with Crippen molar-refractivity contribution in [3.63, 3.8) is 0 Å². The first-order chi connectivity index (χ1) is 9.97. The number of hydrogen-bond donors (Lipinski definition) is 1. The highest BCUT2D eigenvalue weighted by Gasteiger charge is 2.30. The molecule has 0 bridgehead atoms. The number of rotatable bonds is 4. The van der Waals surface area contributed by atoms with E-state index in [4.69, 9.17) is 16.6 Å². The summed E-state index contributed by atoms with van der Waals surface area (Å²) in [5.41, 5.74) is 1.31. The number of nitrogens with zero attached hydrogens (tertiary/aromatic N) is 3. The van der Waals surface area contributed by atoms with Gasteiger partial charge in [0.05, 0.1) is 0 Å². The fraction of sp³-hybridized carbons (Fsp3) is 0.750. The average Bonchev–Trinajstić information content (AvgIpc) is 3.29. The van der Waals surface area contributed by atoms with Crippen LogP contribution in [0.3, 0.4) is 0 Å². The number of likely N-dealkylation sites (tertiary alicyclic amines) is 1. The molecule has 2 fully saturated rings. The maximum atomic E-state index is 6.27. The lowest BCUT2D eigenvalue weighted by Gasteiger charge is -2.38. The zero-order valence-electron chi connectivity index (χ0n) is 13.2. The van der Waals surface area contributed by atoms with Gasteiger partial charge in [0.1, 0.15) is 16.8 Å². The zero-order valence-corrected chi connectivity index (χ0v) is 14.0. The first-order valence-corrected chi connectivity index (χ1v) is 8.31. The van der Waals surface area contributed by atoms with Crippen LogP contribution in [0.5, 0.6) is 0 Å². The molecule has 1 aliphatic heterocycles. The fourth-order valence-corrected chi connectivity index (χ4v) is 3.01. The first-order valence-electron chi connectivity index (χ1n) is 7.93. The van der Waals surface area contributed by atoms with Crippen molar-refractivity contribution in [1.82, 2.24) is 14.9 Å². The summed E-state index contributed by atoms with van der Waals surface area (Å²) in [5, 5.41) is 4.15. The number of anilines is 1. The quantitative estimate of drug-likeness (QED) is 0.865. The number of aromatic nitrogens is 2. The summed E-state index contributed by atoms with van der Waals surface area (Å²) in [5.74, 6) is 2.38. The Labute approximate surface area is 132 Å². The van der Waals surface area contributed by atoms with Gasteiger partial charge in [-0.25, -0.2) is 9.97 Å². The van der Waals surface area contributed by atoms with Gasteiger partial charge in [-0.1, -0.05) is 18.5 Å². The Morgan fingerprint density at radius 2 is 1.95 bits per heavy atom. The van der Waals surface area contributed by atoms with E-state index in [1.165, 1.54) is 38.8 Å². The minimum Gasteiger partial charge on any atom is -0.369 e. The molecule has 1 aromatic rings. The molecule has 4 nitrogen and oxygen atoms in total. The maximum Gasteiger partial charge on any atom is 0.137 e. The normalized spacial score (nSPS) is 22.3. The summed E-state index contributed by atoms with van der Waals surface area (Å²) >= 11 is 6.27. The Morgan fingerprint density at radius 1 is 1.29 bits per heavy atom. The van der Waals surface area contributed by atoms with E-state index < -0.39 is 0 Å². The number of piperidine rings is 1. The zero-order chi connectivity index (χ0) is 15.0. The largest absolute Gasteiger partial charge is 0.369 e. The molecule has 1 saturated carbocycles. The Balaban J connectivity index is 1.69. The fourth-order valence-electron chi connectivity index (χ4n) is 2.83. The lowest BCUT2D eigenvalue weighted by Crippen LogP contribution is -2.40. The van der Waals surface area contributed by atoms with Crippen molar-refractivity contribution in [3.05, 3.63) is 16.5 Å². The predicted molar refractivity (Wildman–Crippen MR) is 87.1 cm³/mol. The molecule has 2 aliphatic rings.